The largest absolute Gasteiger partial charge is 0.490 e. The third kappa shape index (κ3) is 5.91. The lowest BCUT2D eigenvalue weighted by molar-refractivity contribution is 0.0448. The summed E-state index contributed by atoms with van der Waals surface area (Å²) in [5, 5.41) is 5.54. The molecule has 0 bridgehead atoms. The SMILES string of the molecule is NS(=O)(=O)c1ccc(OCCOC(=O)c2ccccc2C(=O)c2ccc(Cl)cc2)cc1. The standard InChI is InChI=1S/C22H18ClNO6S/c23-16-7-5-15(6-8-16)21(25)19-3-1-2-4-20(19)22(26)30-14-13-29-17-9-11-18(12-10-17)31(24,27)28/h1-12H,13-14H2,(H2,24,27,28). The number of halogens is 1. The van der Waals surface area contributed by atoms with E-state index in [4.69, 9.17) is 26.2 Å². The number of carbonyl (C=O) groups excluding carboxylic acids is 2. The highest BCUT2D eigenvalue weighted by molar-refractivity contribution is 7.89. The number of sulfonamides is 1. The normalized spacial score (nSPS) is 11.0. The van der Waals surface area contributed by atoms with Crippen LogP contribution in [0, 0.1) is 0 Å². The molecular formula is C22H18ClNO6S. The maximum Gasteiger partial charge on any atom is 0.339 e. The molecule has 0 spiro atoms. The average molecular weight is 460 g/mol. The summed E-state index contributed by atoms with van der Waals surface area (Å²) in [7, 11) is -3.78. The maximum atomic E-state index is 12.8. The average Bonchev–Trinajstić information content (AvgIpc) is 2.76. The number of esters is 1. The van der Waals surface area contributed by atoms with E-state index in [-0.39, 0.29) is 35.0 Å². The van der Waals surface area contributed by atoms with Crippen molar-refractivity contribution >= 4 is 33.4 Å². The Bertz CT molecular complexity index is 1190. The summed E-state index contributed by atoms with van der Waals surface area (Å²) in [4.78, 5) is 25.2. The van der Waals surface area contributed by atoms with Gasteiger partial charge in [-0.05, 0) is 54.6 Å². The Morgan fingerprint density at radius 1 is 0.839 bits per heavy atom. The van der Waals surface area contributed by atoms with Crippen LogP contribution in [0.1, 0.15) is 26.3 Å². The van der Waals surface area contributed by atoms with Gasteiger partial charge in [-0.1, -0.05) is 29.8 Å². The van der Waals surface area contributed by atoms with Crippen LogP contribution >= 0.6 is 11.6 Å². The Kier molecular flexibility index (Phi) is 7.06. The van der Waals surface area contributed by atoms with E-state index >= 15 is 0 Å². The Morgan fingerprint density at radius 2 is 1.45 bits per heavy atom. The van der Waals surface area contributed by atoms with Crippen molar-refractivity contribution in [3.63, 3.8) is 0 Å². The second kappa shape index (κ2) is 9.74. The molecule has 3 aromatic carbocycles. The fourth-order valence-corrected chi connectivity index (χ4v) is 3.35. The van der Waals surface area contributed by atoms with E-state index in [2.05, 4.69) is 0 Å². The van der Waals surface area contributed by atoms with Gasteiger partial charge in [-0.15, -0.1) is 0 Å². The van der Waals surface area contributed by atoms with E-state index in [9.17, 15) is 18.0 Å². The number of rotatable bonds is 8. The fraction of sp³-hybridized carbons (Fsp3) is 0.0909. The molecule has 160 valence electrons. The molecule has 7 nitrogen and oxygen atoms in total. The third-order valence-corrected chi connectivity index (χ3v) is 5.42. The van der Waals surface area contributed by atoms with Crippen molar-refractivity contribution in [1.82, 2.24) is 0 Å². The molecular weight excluding hydrogens is 442 g/mol. The molecule has 0 saturated heterocycles. The minimum Gasteiger partial charge on any atom is -0.490 e. The first-order chi connectivity index (χ1) is 14.8. The number of benzene rings is 3. The minimum atomic E-state index is -3.78. The first-order valence-electron chi connectivity index (χ1n) is 9.08. The fourth-order valence-electron chi connectivity index (χ4n) is 2.71. The lowest BCUT2D eigenvalue weighted by Gasteiger charge is -2.10. The van der Waals surface area contributed by atoms with E-state index in [1.165, 1.54) is 30.3 Å². The van der Waals surface area contributed by atoms with Gasteiger partial charge < -0.3 is 9.47 Å². The Hall–Kier alpha value is -3.20. The van der Waals surface area contributed by atoms with Crippen molar-refractivity contribution in [3.8, 4) is 5.75 Å². The van der Waals surface area contributed by atoms with Gasteiger partial charge in [-0.25, -0.2) is 18.4 Å². The van der Waals surface area contributed by atoms with Crippen LogP contribution in [0.15, 0.2) is 77.7 Å². The summed E-state index contributed by atoms with van der Waals surface area (Å²) in [6.45, 7) is -0.0347. The Morgan fingerprint density at radius 3 is 2.06 bits per heavy atom. The molecule has 3 aromatic rings. The quantitative estimate of drug-likeness (QED) is 0.313. The molecule has 0 amide bonds. The summed E-state index contributed by atoms with van der Waals surface area (Å²) in [6, 6.07) is 18.3. The second-order valence-electron chi connectivity index (χ2n) is 6.38. The molecule has 0 unspecified atom stereocenters. The van der Waals surface area contributed by atoms with Gasteiger partial charge in [0.25, 0.3) is 0 Å². The summed E-state index contributed by atoms with van der Waals surface area (Å²) >= 11 is 5.86. The van der Waals surface area contributed by atoms with Crippen molar-refractivity contribution in [2.75, 3.05) is 13.2 Å². The minimum absolute atomic E-state index is 0.0340. The van der Waals surface area contributed by atoms with Gasteiger partial charge in [0, 0.05) is 16.1 Å². The van der Waals surface area contributed by atoms with Crippen LogP contribution in [0.3, 0.4) is 0 Å². The smallest absolute Gasteiger partial charge is 0.339 e. The van der Waals surface area contributed by atoms with E-state index in [1.807, 2.05) is 0 Å². The lowest BCUT2D eigenvalue weighted by Crippen LogP contribution is -2.16. The van der Waals surface area contributed by atoms with Crippen LogP contribution in [0.4, 0.5) is 0 Å². The Labute approximate surface area is 184 Å². The van der Waals surface area contributed by atoms with Crippen LogP contribution in [-0.2, 0) is 14.8 Å². The second-order valence-corrected chi connectivity index (χ2v) is 8.38. The first kappa shape index (κ1) is 22.5. The van der Waals surface area contributed by atoms with Crippen LogP contribution < -0.4 is 9.88 Å². The predicted octanol–water partition coefficient (Wildman–Crippen LogP) is 3.45. The Balaban J connectivity index is 1.60. The topological polar surface area (TPSA) is 113 Å². The van der Waals surface area contributed by atoms with Gasteiger partial charge in [0.15, 0.2) is 5.78 Å². The van der Waals surface area contributed by atoms with Crippen LogP contribution in [0.2, 0.25) is 5.02 Å². The number of ketones is 1. The van der Waals surface area contributed by atoms with E-state index in [0.717, 1.165) is 0 Å². The first-order valence-corrected chi connectivity index (χ1v) is 11.0. The highest BCUT2D eigenvalue weighted by atomic mass is 35.5. The molecule has 0 aliphatic heterocycles. The molecule has 31 heavy (non-hydrogen) atoms. The molecule has 0 aliphatic rings. The monoisotopic (exact) mass is 459 g/mol. The van der Waals surface area contributed by atoms with Crippen LogP contribution in [0.25, 0.3) is 0 Å². The van der Waals surface area contributed by atoms with Gasteiger partial charge in [-0.2, -0.15) is 0 Å². The summed E-state index contributed by atoms with van der Waals surface area (Å²) < 4.78 is 33.1. The zero-order chi connectivity index (χ0) is 22.4. The predicted molar refractivity (Wildman–Crippen MR) is 115 cm³/mol. The summed E-state index contributed by atoms with van der Waals surface area (Å²) in [6.07, 6.45) is 0. The molecule has 0 aliphatic carbocycles. The van der Waals surface area contributed by atoms with Gasteiger partial charge in [0.2, 0.25) is 10.0 Å². The lowest BCUT2D eigenvalue weighted by atomic mass is 9.98. The number of primary sulfonamides is 1. The van der Waals surface area contributed by atoms with E-state index < -0.39 is 16.0 Å². The number of ether oxygens (including phenoxy) is 2. The number of hydrogen-bond acceptors (Lipinski definition) is 6. The molecule has 0 radical (unpaired) electrons. The van der Waals surface area contributed by atoms with Crippen molar-refractivity contribution in [3.05, 3.63) is 94.5 Å². The van der Waals surface area contributed by atoms with Gasteiger partial charge in [0.1, 0.15) is 19.0 Å². The maximum absolute atomic E-state index is 12.8. The number of hydrogen-bond donors (Lipinski definition) is 1. The highest BCUT2D eigenvalue weighted by Crippen LogP contribution is 2.18. The number of nitrogens with two attached hydrogens (primary N) is 1. The summed E-state index contributed by atoms with van der Waals surface area (Å²) in [5.74, 6) is -0.594. The van der Waals surface area contributed by atoms with E-state index in [1.54, 1.807) is 42.5 Å². The zero-order valence-corrected chi connectivity index (χ0v) is 17.7. The van der Waals surface area contributed by atoms with Crippen LogP contribution in [0.5, 0.6) is 5.75 Å². The number of carbonyl (C=O) groups is 2. The van der Waals surface area contributed by atoms with Gasteiger partial charge in [-0.3, -0.25) is 4.79 Å². The van der Waals surface area contributed by atoms with Crippen LogP contribution in [-0.4, -0.2) is 33.4 Å². The molecule has 3 rings (SSSR count). The highest BCUT2D eigenvalue weighted by Gasteiger charge is 2.19. The zero-order valence-electron chi connectivity index (χ0n) is 16.2. The summed E-state index contributed by atoms with van der Waals surface area (Å²) in [5.41, 5.74) is 0.755. The molecule has 9 heteroatoms. The van der Waals surface area contributed by atoms with Crippen molar-refractivity contribution in [2.24, 2.45) is 5.14 Å². The molecule has 2 N–H and O–H groups in total. The molecule has 0 saturated carbocycles. The van der Waals surface area contributed by atoms with Crippen molar-refractivity contribution in [1.29, 1.82) is 0 Å². The third-order valence-electron chi connectivity index (χ3n) is 4.24. The van der Waals surface area contributed by atoms with Crippen molar-refractivity contribution in [2.45, 2.75) is 4.90 Å². The van der Waals surface area contributed by atoms with Crippen molar-refractivity contribution < 1.29 is 27.5 Å². The molecule has 0 atom stereocenters. The van der Waals surface area contributed by atoms with Gasteiger partial charge in [0.05, 0.1) is 10.5 Å². The molecule has 0 heterocycles. The molecule has 0 fully saturated rings. The van der Waals surface area contributed by atoms with Gasteiger partial charge >= 0.3 is 5.97 Å². The van der Waals surface area contributed by atoms with E-state index in [0.29, 0.717) is 16.3 Å². The molecule has 0 aromatic heterocycles.